The van der Waals surface area contributed by atoms with Gasteiger partial charge >= 0.3 is 0 Å². The molecule has 0 aliphatic carbocycles. The van der Waals surface area contributed by atoms with E-state index in [9.17, 15) is 4.79 Å². The van der Waals surface area contributed by atoms with E-state index in [1.165, 1.54) is 0 Å². The molecule has 0 fully saturated rings. The van der Waals surface area contributed by atoms with Crippen LogP contribution in [-0.4, -0.2) is 23.3 Å². The molecule has 0 aliphatic rings. The lowest BCUT2D eigenvalue weighted by Crippen LogP contribution is -2.19. The van der Waals surface area contributed by atoms with Crippen LogP contribution in [0.5, 0.6) is 5.75 Å². The van der Waals surface area contributed by atoms with Gasteiger partial charge in [-0.3, -0.25) is 4.79 Å². The summed E-state index contributed by atoms with van der Waals surface area (Å²) in [6.07, 6.45) is 5.42. The normalized spacial score (nSPS) is 11.1. The van der Waals surface area contributed by atoms with E-state index >= 15 is 0 Å². The van der Waals surface area contributed by atoms with E-state index in [1.54, 1.807) is 12.3 Å². The van der Waals surface area contributed by atoms with E-state index in [1.807, 2.05) is 71.6 Å². The third kappa shape index (κ3) is 5.07. The second-order valence-electron chi connectivity index (χ2n) is 6.58. The Morgan fingerprint density at radius 2 is 1.78 bits per heavy atom. The molecule has 0 radical (unpaired) electrons. The van der Waals surface area contributed by atoms with Crippen LogP contribution in [-0.2, 0) is 0 Å². The smallest absolute Gasteiger partial charge is 0.273 e. The van der Waals surface area contributed by atoms with Crippen molar-refractivity contribution in [2.24, 2.45) is 11.0 Å². The number of nitrogens with one attached hydrogen (secondary N) is 1. The topological polar surface area (TPSA) is 55.6 Å². The number of carbonyl (C=O) groups excluding carboxylic acids is 1. The van der Waals surface area contributed by atoms with Crippen molar-refractivity contribution >= 4 is 12.1 Å². The molecule has 138 valence electrons. The van der Waals surface area contributed by atoms with E-state index in [4.69, 9.17) is 4.74 Å². The van der Waals surface area contributed by atoms with Crippen LogP contribution in [0.2, 0.25) is 0 Å². The number of benzene rings is 2. The molecule has 0 bridgehead atoms. The predicted octanol–water partition coefficient (Wildman–Crippen LogP) is 4.28. The molecule has 0 spiro atoms. The second-order valence-corrected chi connectivity index (χ2v) is 6.58. The van der Waals surface area contributed by atoms with Gasteiger partial charge in [-0.1, -0.05) is 26.0 Å². The maximum absolute atomic E-state index is 12.5. The summed E-state index contributed by atoms with van der Waals surface area (Å²) >= 11 is 0. The Kier molecular flexibility index (Phi) is 6.05. The third-order valence-corrected chi connectivity index (χ3v) is 3.87. The van der Waals surface area contributed by atoms with Gasteiger partial charge in [0.15, 0.2) is 0 Å². The van der Waals surface area contributed by atoms with Crippen LogP contribution >= 0.6 is 0 Å². The highest BCUT2D eigenvalue weighted by molar-refractivity contribution is 5.98. The lowest BCUT2D eigenvalue weighted by atomic mass is 10.1. The highest BCUT2D eigenvalue weighted by Gasteiger charge is 2.10. The summed E-state index contributed by atoms with van der Waals surface area (Å²) in [6.45, 7) is 4.90. The fourth-order valence-corrected chi connectivity index (χ4v) is 2.52. The number of carbonyl (C=O) groups is 1. The molecule has 0 saturated heterocycles. The zero-order valence-corrected chi connectivity index (χ0v) is 15.5. The van der Waals surface area contributed by atoms with E-state index < -0.39 is 0 Å². The van der Waals surface area contributed by atoms with Gasteiger partial charge in [0.1, 0.15) is 5.75 Å². The molecule has 27 heavy (non-hydrogen) atoms. The number of ether oxygens (including phenoxy) is 1. The first-order valence-corrected chi connectivity index (χ1v) is 8.92. The van der Waals surface area contributed by atoms with E-state index in [0.717, 1.165) is 17.0 Å². The molecule has 2 aromatic carbocycles. The number of para-hydroxylation sites is 1. The van der Waals surface area contributed by atoms with Crippen molar-refractivity contribution in [3.05, 3.63) is 84.2 Å². The number of hydrazone groups is 1. The van der Waals surface area contributed by atoms with E-state index in [-0.39, 0.29) is 5.91 Å². The maximum Gasteiger partial charge on any atom is 0.273 e. The number of hydrogen-bond donors (Lipinski definition) is 1. The first-order valence-electron chi connectivity index (χ1n) is 8.92. The van der Waals surface area contributed by atoms with E-state index in [2.05, 4.69) is 24.4 Å². The minimum Gasteiger partial charge on any atom is -0.493 e. The first kappa shape index (κ1) is 18.5. The van der Waals surface area contributed by atoms with Gasteiger partial charge in [0, 0.05) is 12.4 Å². The highest BCUT2D eigenvalue weighted by Crippen LogP contribution is 2.15. The van der Waals surface area contributed by atoms with Crippen LogP contribution in [0.15, 0.2) is 78.2 Å². The van der Waals surface area contributed by atoms with Crippen LogP contribution in [0.1, 0.15) is 29.8 Å². The van der Waals surface area contributed by atoms with Gasteiger partial charge in [0.05, 0.1) is 24.1 Å². The molecule has 0 unspecified atom stereocenters. The average molecular weight is 361 g/mol. The van der Waals surface area contributed by atoms with Crippen LogP contribution in [0.3, 0.4) is 0 Å². The van der Waals surface area contributed by atoms with Crippen LogP contribution in [0.4, 0.5) is 0 Å². The number of amides is 1. The zero-order chi connectivity index (χ0) is 19.1. The molecule has 5 nitrogen and oxygen atoms in total. The Balaban J connectivity index is 1.63. The highest BCUT2D eigenvalue weighted by atomic mass is 16.5. The van der Waals surface area contributed by atoms with Gasteiger partial charge in [-0.15, -0.1) is 0 Å². The standard InChI is InChI=1S/C22H23N3O2/c1-17(2)16-27-19-11-9-18(10-12-19)15-23-24-22(26)20-7-3-4-8-21(20)25-13-5-6-14-25/h3-15,17H,16H2,1-2H3,(H,24,26)/b23-15-. The van der Waals surface area contributed by atoms with Gasteiger partial charge in [0.25, 0.3) is 5.91 Å². The Labute approximate surface area is 159 Å². The molecule has 1 heterocycles. The molecule has 3 aromatic rings. The van der Waals surface area contributed by atoms with Gasteiger partial charge in [-0.05, 0) is 60.0 Å². The number of hydrogen-bond acceptors (Lipinski definition) is 3. The summed E-state index contributed by atoms with van der Waals surface area (Å²) in [7, 11) is 0. The maximum atomic E-state index is 12.5. The van der Waals surface area contributed by atoms with Crippen molar-refractivity contribution in [2.45, 2.75) is 13.8 Å². The molecule has 0 atom stereocenters. The quantitative estimate of drug-likeness (QED) is 0.504. The predicted molar refractivity (Wildman–Crippen MR) is 108 cm³/mol. The van der Waals surface area contributed by atoms with Crippen molar-refractivity contribution in [3.63, 3.8) is 0 Å². The van der Waals surface area contributed by atoms with Crippen molar-refractivity contribution in [3.8, 4) is 11.4 Å². The monoisotopic (exact) mass is 361 g/mol. The lowest BCUT2D eigenvalue weighted by molar-refractivity contribution is 0.0955. The zero-order valence-electron chi connectivity index (χ0n) is 15.5. The number of nitrogens with zero attached hydrogens (tertiary/aromatic N) is 2. The molecule has 5 heteroatoms. The Morgan fingerprint density at radius 3 is 2.48 bits per heavy atom. The Bertz CT molecular complexity index is 898. The van der Waals surface area contributed by atoms with Gasteiger partial charge < -0.3 is 9.30 Å². The fraction of sp³-hybridized carbons (Fsp3) is 0.182. The minimum absolute atomic E-state index is 0.257. The van der Waals surface area contributed by atoms with Crippen molar-refractivity contribution in [1.82, 2.24) is 9.99 Å². The molecule has 1 amide bonds. The van der Waals surface area contributed by atoms with E-state index in [0.29, 0.717) is 18.1 Å². The molecule has 1 aromatic heterocycles. The molecular formula is C22H23N3O2. The Hall–Kier alpha value is -3.34. The van der Waals surface area contributed by atoms with Crippen LogP contribution in [0.25, 0.3) is 5.69 Å². The largest absolute Gasteiger partial charge is 0.493 e. The van der Waals surface area contributed by atoms with Crippen LogP contribution < -0.4 is 10.2 Å². The number of aromatic nitrogens is 1. The fourth-order valence-electron chi connectivity index (χ4n) is 2.52. The third-order valence-electron chi connectivity index (χ3n) is 3.87. The van der Waals surface area contributed by atoms with Gasteiger partial charge in [0.2, 0.25) is 0 Å². The molecule has 0 saturated carbocycles. The SMILES string of the molecule is CC(C)COc1ccc(/C=N\NC(=O)c2ccccc2-n2cccc2)cc1. The van der Waals surface area contributed by atoms with Crippen molar-refractivity contribution in [2.75, 3.05) is 6.61 Å². The van der Waals surface area contributed by atoms with Crippen molar-refractivity contribution in [1.29, 1.82) is 0 Å². The number of rotatable bonds is 7. The van der Waals surface area contributed by atoms with Crippen molar-refractivity contribution < 1.29 is 9.53 Å². The van der Waals surface area contributed by atoms with Crippen LogP contribution in [0, 0.1) is 5.92 Å². The average Bonchev–Trinajstić information content (AvgIpc) is 3.22. The molecule has 1 N–H and O–H groups in total. The summed E-state index contributed by atoms with van der Waals surface area (Å²) in [6, 6.07) is 18.8. The molecule has 0 aliphatic heterocycles. The minimum atomic E-state index is -0.257. The summed E-state index contributed by atoms with van der Waals surface area (Å²) in [5.41, 5.74) is 4.84. The lowest BCUT2D eigenvalue weighted by Gasteiger charge is -2.09. The molecular weight excluding hydrogens is 338 g/mol. The first-order chi connectivity index (χ1) is 13.1. The second kappa shape index (κ2) is 8.85. The van der Waals surface area contributed by atoms with Gasteiger partial charge in [-0.2, -0.15) is 5.10 Å². The summed E-state index contributed by atoms with van der Waals surface area (Å²) in [5, 5.41) is 4.07. The van der Waals surface area contributed by atoms with Gasteiger partial charge in [-0.25, -0.2) is 5.43 Å². The summed E-state index contributed by atoms with van der Waals surface area (Å²) in [5.74, 6) is 1.05. The molecule has 3 rings (SSSR count). The summed E-state index contributed by atoms with van der Waals surface area (Å²) in [4.78, 5) is 12.5. The summed E-state index contributed by atoms with van der Waals surface area (Å²) < 4.78 is 7.55. The Morgan fingerprint density at radius 1 is 1.07 bits per heavy atom.